The van der Waals surface area contributed by atoms with Crippen LogP contribution >= 0.6 is 0 Å². The van der Waals surface area contributed by atoms with Crippen molar-refractivity contribution in [2.75, 3.05) is 14.2 Å². The molecule has 0 fully saturated rings. The number of benzene rings is 2. The van der Waals surface area contributed by atoms with E-state index < -0.39 is 4.92 Å². The normalized spacial score (nSPS) is 10.8. The van der Waals surface area contributed by atoms with E-state index in [0.717, 1.165) is 17.0 Å². The monoisotopic (exact) mass is 259 g/mol. The van der Waals surface area contributed by atoms with Gasteiger partial charge in [-0.1, -0.05) is 12.1 Å². The zero-order valence-corrected chi connectivity index (χ0v) is 10.6. The van der Waals surface area contributed by atoms with Crippen LogP contribution in [-0.2, 0) is 0 Å². The molecule has 0 radical (unpaired) electrons. The van der Waals surface area contributed by atoms with Crippen molar-refractivity contribution >= 4 is 16.8 Å². The Bertz CT molecular complexity index is 644. The lowest BCUT2D eigenvalue weighted by Gasteiger charge is -2.09. The molecule has 98 valence electrons. The van der Waals surface area contributed by atoms with Crippen molar-refractivity contribution in [2.45, 2.75) is 0 Å². The van der Waals surface area contributed by atoms with Gasteiger partial charge in [0.2, 0.25) is 6.20 Å². The number of methoxy groups -OCH3 is 2. The minimum atomic E-state index is -0.502. The highest BCUT2D eigenvalue weighted by Crippen LogP contribution is 2.31. The molecule has 0 atom stereocenters. The van der Waals surface area contributed by atoms with Gasteiger partial charge in [0, 0.05) is 11.6 Å². The van der Waals surface area contributed by atoms with Gasteiger partial charge in [0.15, 0.2) is 0 Å². The number of nitro groups is 1. The molecule has 2 rings (SSSR count). The Morgan fingerprint density at radius 2 is 1.89 bits per heavy atom. The van der Waals surface area contributed by atoms with Crippen LogP contribution in [0.1, 0.15) is 5.56 Å². The summed E-state index contributed by atoms with van der Waals surface area (Å²) >= 11 is 0. The van der Waals surface area contributed by atoms with Gasteiger partial charge < -0.3 is 9.47 Å². The minimum Gasteiger partial charge on any atom is -0.497 e. The van der Waals surface area contributed by atoms with Crippen molar-refractivity contribution < 1.29 is 14.4 Å². The van der Waals surface area contributed by atoms with Crippen molar-refractivity contribution in [3.63, 3.8) is 0 Å². The van der Waals surface area contributed by atoms with Crippen LogP contribution in [0.15, 0.2) is 36.5 Å². The SMILES string of the molecule is COc1ccc2ccc(OC)c(/C=C/[N+](=O)[O-])c2c1. The molecule has 0 unspecified atom stereocenters. The molecule has 0 heterocycles. The first kappa shape index (κ1) is 12.9. The summed E-state index contributed by atoms with van der Waals surface area (Å²) in [6.07, 6.45) is 2.33. The van der Waals surface area contributed by atoms with Gasteiger partial charge in [-0.05, 0) is 29.0 Å². The quantitative estimate of drug-likeness (QED) is 0.625. The van der Waals surface area contributed by atoms with Crippen LogP contribution in [0.25, 0.3) is 16.8 Å². The van der Waals surface area contributed by atoms with E-state index in [1.54, 1.807) is 13.2 Å². The molecule has 0 spiro atoms. The Kier molecular flexibility index (Phi) is 3.66. The first-order valence-electron chi connectivity index (χ1n) is 5.62. The van der Waals surface area contributed by atoms with Gasteiger partial charge in [-0.15, -0.1) is 0 Å². The summed E-state index contributed by atoms with van der Waals surface area (Å²) in [7, 11) is 3.11. The first-order chi connectivity index (χ1) is 9.15. The summed E-state index contributed by atoms with van der Waals surface area (Å²) in [5.41, 5.74) is 0.663. The van der Waals surface area contributed by atoms with E-state index >= 15 is 0 Å². The Morgan fingerprint density at radius 1 is 1.16 bits per heavy atom. The molecule has 5 heteroatoms. The van der Waals surface area contributed by atoms with Crippen molar-refractivity contribution in [3.8, 4) is 11.5 Å². The third kappa shape index (κ3) is 2.65. The third-order valence-corrected chi connectivity index (χ3v) is 2.81. The van der Waals surface area contributed by atoms with E-state index in [0.29, 0.717) is 17.1 Å². The Balaban J connectivity index is 2.69. The van der Waals surface area contributed by atoms with Crippen LogP contribution in [-0.4, -0.2) is 19.1 Å². The van der Waals surface area contributed by atoms with Crippen LogP contribution < -0.4 is 9.47 Å². The van der Waals surface area contributed by atoms with E-state index in [9.17, 15) is 10.1 Å². The smallest absolute Gasteiger partial charge is 0.235 e. The number of hydrogen-bond donors (Lipinski definition) is 0. The maximum atomic E-state index is 10.5. The third-order valence-electron chi connectivity index (χ3n) is 2.81. The average molecular weight is 259 g/mol. The van der Waals surface area contributed by atoms with Crippen LogP contribution in [0.2, 0.25) is 0 Å². The van der Waals surface area contributed by atoms with Crippen LogP contribution in [0, 0.1) is 10.1 Å². The second-order valence-corrected chi connectivity index (χ2v) is 3.87. The maximum absolute atomic E-state index is 10.5. The van der Waals surface area contributed by atoms with Gasteiger partial charge in [-0.2, -0.15) is 0 Å². The summed E-state index contributed by atoms with van der Waals surface area (Å²) in [4.78, 5) is 9.98. The Hall–Kier alpha value is -2.56. The fraction of sp³-hybridized carbons (Fsp3) is 0.143. The Morgan fingerprint density at radius 3 is 2.53 bits per heavy atom. The molecule has 2 aromatic carbocycles. The minimum absolute atomic E-state index is 0.502. The highest BCUT2D eigenvalue weighted by Gasteiger charge is 2.08. The first-order valence-corrected chi connectivity index (χ1v) is 5.62. The highest BCUT2D eigenvalue weighted by atomic mass is 16.6. The van der Waals surface area contributed by atoms with Gasteiger partial charge in [0.25, 0.3) is 0 Å². The number of hydrogen-bond acceptors (Lipinski definition) is 4. The largest absolute Gasteiger partial charge is 0.497 e. The van der Waals surface area contributed by atoms with Crippen molar-refractivity contribution in [2.24, 2.45) is 0 Å². The topological polar surface area (TPSA) is 61.6 Å². The summed E-state index contributed by atoms with van der Waals surface area (Å²) in [6, 6.07) is 9.26. The highest BCUT2D eigenvalue weighted by molar-refractivity contribution is 5.94. The summed E-state index contributed by atoms with van der Waals surface area (Å²) < 4.78 is 10.4. The number of fused-ring (bicyclic) bond motifs is 1. The number of ether oxygens (including phenoxy) is 2. The van der Waals surface area contributed by atoms with Crippen molar-refractivity contribution in [1.29, 1.82) is 0 Å². The average Bonchev–Trinajstić information content (AvgIpc) is 2.43. The second kappa shape index (κ2) is 5.39. The lowest BCUT2D eigenvalue weighted by atomic mass is 10.0. The van der Waals surface area contributed by atoms with Crippen LogP contribution in [0.4, 0.5) is 0 Å². The molecule has 0 saturated carbocycles. The Labute approximate surface area is 110 Å². The zero-order chi connectivity index (χ0) is 13.8. The number of rotatable bonds is 4. The summed E-state index contributed by atoms with van der Waals surface area (Å²) in [6.45, 7) is 0. The molecule has 0 saturated heterocycles. The molecule has 0 aromatic heterocycles. The molecule has 0 aliphatic rings. The van der Waals surface area contributed by atoms with Crippen molar-refractivity contribution in [1.82, 2.24) is 0 Å². The van der Waals surface area contributed by atoms with Crippen LogP contribution in [0.5, 0.6) is 11.5 Å². The zero-order valence-electron chi connectivity index (χ0n) is 10.6. The van der Waals surface area contributed by atoms with E-state index in [4.69, 9.17) is 9.47 Å². The predicted octanol–water partition coefficient (Wildman–Crippen LogP) is 3.10. The predicted molar refractivity (Wildman–Crippen MR) is 73.1 cm³/mol. The molecule has 0 bridgehead atoms. The molecular formula is C14H13NO4. The molecule has 0 aliphatic heterocycles. The van der Waals surface area contributed by atoms with Gasteiger partial charge in [-0.3, -0.25) is 10.1 Å². The molecule has 19 heavy (non-hydrogen) atoms. The standard InChI is InChI=1S/C14H13NO4/c1-18-11-5-3-10-4-6-14(19-2)12(13(10)9-11)7-8-15(16)17/h3-9H,1-2H3/b8-7+. The fourth-order valence-electron chi connectivity index (χ4n) is 1.91. The van der Waals surface area contributed by atoms with Crippen LogP contribution in [0.3, 0.4) is 0 Å². The van der Waals surface area contributed by atoms with Gasteiger partial charge in [0.1, 0.15) is 11.5 Å². The lowest BCUT2D eigenvalue weighted by Crippen LogP contribution is -1.91. The molecule has 0 amide bonds. The molecule has 5 nitrogen and oxygen atoms in total. The molecule has 2 aromatic rings. The van der Waals surface area contributed by atoms with E-state index in [1.165, 1.54) is 13.2 Å². The number of nitrogens with zero attached hydrogens (tertiary/aromatic N) is 1. The molecule has 0 N–H and O–H groups in total. The fourth-order valence-corrected chi connectivity index (χ4v) is 1.91. The van der Waals surface area contributed by atoms with Gasteiger partial charge in [0.05, 0.1) is 19.1 Å². The van der Waals surface area contributed by atoms with E-state index in [2.05, 4.69) is 0 Å². The second-order valence-electron chi connectivity index (χ2n) is 3.87. The van der Waals surface area contributed by atoms with E-state index in [1.807, 2.05) is 24.3 Å². The van der Waals surface area contributed by atoms with Crippen molar-refractivity contribution in [3.05, 3.63) is 52.2 Å². The lowest BCUT2D eigenvalue weighted by molar-refractivity contribution is -0.400. The molecular weight excluding hydrogens is 246 g/mol. The van der Waals surface area contributed by atoms with Gasteiger partial charge in [-0.25, -0.2) is 0 Å². The van der Waals surface area contributed by atoms with Gasteiger partial charge >= 0.3 is 0 Å². The van der Waals surface area contributed by atoms with E-state index in [-0.39, 0.29) is 0 Å². The maximum Gasteiger partial charge on any atom is 0.235 e. The summed E-state index contributed by atoms with van der Waals surface area (Å²) in [5.74, 6) is 1.27. The molecule has 0 aliphatic carbocycles. The summed E-state index contributed by atoms with van der Waals surface area (Å²) in [5, 5.41) is 12.3.